The van der Waals surface area contributed by atoms with Gasteiger partial charge in [0.2, 0.25) is 0 Å². The van der Waals surface area contributed by atoms with Gasteiger partial charge in [0.05, 0.1) is 6.61 Å². The Labute approximate surface area is 109 Å². The van der Waals surface area contributed by atoms with Gasteiger partial charge in [-0.3, -0.25) is 4.90 Å². The molecular weight excluding hydrogens is 254 g/mol. The number of nitrogens with zero attached hydrogens (tertiary/aromatic N) is 3. The fourth-order valence-electron chi connectivity index (χ4n) is 2.03. The predicted octanol–water partition coefficient (Wildman–Crippen LogP) is 0.346. The molecule has 0 saturated carbocycles. The first-order chi connectivity index (χ1) is 8.70. The van der Waals surface area contributed by atoms with E-state index in [0.29, 0.717) is 6.54 Å². The molecular formula is C11H17N3O3S. The Bertz CT molecular complexity index is 410. The maximum Gasteiger partial charge on any atom is 0.355 e. The fourth-order valence-corrected chi connectivity index (χ4v) is 2.89. The lowest BCUT2D eigenvalue weighted by atomic mass is 10.4. The number of aromatic nitrogens is 1. The van der Waals surface area contributed by atoms with Crippen molar-refractivity contribution in [2.24, 2.45) is 0 Å². The Hall–Kier alpha value is -1.18. The molecule has 7 heteroatoms. The molecule has 1 aromatic heterocycles. The topological polar surface area (TPSA) is 76.9 Å². The van der Waals surface area contributed by atoms with Crippen molar-refractivity contribution in [1.29, 1.82) is 0 Å². The van der Waals surface area contributed by atoms with Crippen LogP contribution in [0.25, 0.3) is 0 Å². The van der Waals surface area contributed by atoms with Crippen molar-refractivity contribution in [3.63, 3.8) is 0 Å². The summed E-state index contributed by atoms with van der Waals surface area (Å²) in [6.07, 6.45) is 1.00. The van der Waals surface area contributed by atoms with Crippen molar-refractivity contribution in [1.82, 2.24) is 9.88 Å². The van der Waals surface area contributed by atoms with Gasteiger partial charge < -0.3 is 15.1 Å². The molecule has 0 radical (unpaired) electrons. The van der Waals surface area contributed by atoms with E-state index in [1.165, 1.54) is 11.3 Å². The smallest absolute Gasteiger partial charge is 0.355 e. The molecule has 0 amide bonds. The van der Waals surface area contributed by atoms with Crippen LogP contribution in [0.5, 0.6) is 0 Å². The number of aromatic carboxylic acids is 1. The second kappa shape index (κ2) is 6.12. The average molecular weight is 271 g/mol. The summed E-state index contributed by atoms with van der Waals surface area (Å²) in [4.78, 5) is 19.2. The Balaban J connectivity index is 1.98. The maximum atomic E-state index is 10.8. The summed E-state index contributed by atoms with van der Waals surface area (Å²) >= 11 is 1.37. The molecule has 1 aliphatic rings. The van der Waals surface area contributed by atoms with E-state index in [4.69, 9.17) is 10.2 Å². The first-order valence-corrected chi connectivity index (χ1v) is 6.85. The Morgan fingerprint density at radius 1 is 1.39 bits per heavy atom. The van der Waals surface area contributed by atoms with E-state index in [1.54, 1.807) is 5.38 Å². The van der Waals surface area contributed by atoms with Crippen LogP contribution in [-0.2, 0) is 0 Å². The van der Waals surface area contributed by atoms with Crippen LogP contribution in [-0.4, -0.2) is 65.4 Å². The summed E-state index contributed by atoms with van der Waals surface area (Å²) in [5.74, 6) is -0.978. The van der Waals surface area contributed by atoms with Crippen LogP contribution in [0.1, 0.15) is 16.9 Å². The van der Waals surface area contributed by atoms with Crippen molar-refractivity contribution in [3.05, 3.63) is 11.1 Å². The third-order valence-electron chi connectivity index (χ3n) is 2.99. The number of carboxylic acids is 1. The lowest BCUT2D eigenvalue weighted by molar-refractivity contribution is 0.0691. The molecule has 6 nitrogen and oxygen atoms in total. The van der Waals surface area contributed by atoms with Crippen LogP contribution in [0.2, 0.25) is 0 Å². The van der Waals surface area contributed by atoms with Gasteiger partial charge >= 0.3 is 5.97 Å². The minimum Gasteiger partial charge on any atom is -0.476 e. The number of aliphatic hydroxyl groups excluding tert-OH is 1. The maximum absolute atomic E-state index is 10.8. The van der Waals surface area contributed by atoms with Crippen LogP contribution in [0.3, 0.4) is 0 Å². The summed E-state index contributed by atoms with van der Waals surface area (Å²) in [6.45, 7) is 4.43. The monoisotopic (exact) mass is 271 g/mol. The number of carbonyl (C=O) groups is 1. The zero-order chi connectivity index (χ0) is 13.0. The highest BCUT2D eigenvalue weighted by Crippen LogP contribution is 2.21. The van der Waals surface area contributed by atoms with E-state index in [1.807, 2.05) is 0 Å². The van der Waals surface area contributed by atoms with E-state index < -0.39 is 5.97 Å². The number of aliphatic hydroxyl groups is 1. The SMILES string of the molecule is O=C(O)c1csc(N2CCCN(CCO)CC2)n1. The van der Waals surface area contributed by atoms with Gasteiger partial charge in [-0.1, -0.05) is 0 Å². The van der Waals surface area contributed by atoms with Gasteiger partial charge in [0.25, 0.3) is 0 Å². The van der Waals surface area contributed by atoms with Crippen LogP contribution in [0.15, 0.2) is 5.38 Å². The van der Waals surface area contributed by atoms with Gasteiger partial charge in [0.15, 0.2) is 10.8 Å². The second-order valence-electron chi connectivity index (χ2n) is 4.23. The molecule has 0 spiro atoms. The fraction of sp³-hybridized carbons (Fsp3) is 0.636. The Morgan fingerprint density at radius 3 is 2.89 bits per heavy atom. The third kappa shape index (κ3) is 3.18. The lowest BCUT2D eigenvalue weighted by Gasteiger charge is -2.20. The predicted molar refractivity (Wildman–Crippen MR) is 69.4 cm³/mol. The first-order valence-electron chi connectivity index (χ1n) is 5.97. The van der Waals surface area contributed by atoms with Gasteiger partial charge in [-0.05, 0) is 13.0 Å². The minimum atomic E-state index is -0.978. The summed E-state index contributed by atoms with van der Waals surface area (Å²) < 4.78 is 0. The molecule has 18 heavy (non-hydrogen) atoms. The minimum absolute atomic E-state index is 0.117. The highest BCUT2D eigenvalue weighted by molar-refractivity contribution is 7.13. The number of hydrogen-bond acceptors (Lipinski definition) is 6. The van der Waals surface area contributed by atoms with Crippen molar-refractivity contribution in [2.75, 3.05) is 44.2 Å². The zero-order valence-corrected chi connectivity index (χ0v) is 10.9. The van der Waals surface area contributed by atoms with Gasteiger partial charge in [0, 0.05) is 31.6 Å². The summed E-state index contributed by atoms with van der Waals surface area (Å²) in [7, 11) is 0. The molecule has 1 aromatic rings. The summed E-state index contributed by atoms with van der Waals surface area (Å²) in [5, 5.41) is 20.1. The number of β-amino-alcohol motifs (C(OH)–C–C–N with tert-alkyl or cyclic N) is 1. The molecule has 1 fully saturated rings. The van der Waals surface area contributed by atoms with E-state index >= 15 is 0 Å². The zero-order valence-electron chi connectivity index (χ0n) is 10.1. The molecule has 0 aliphatic carbocycles. The number of anilines is 1. The van der Waals surface area contributed by atoms with Gasteiger partial charge in [-0.15, -0.1) is 11.3 Å². The quantitative estimate of drug-likeness (QED) is 0.822. The second-order valence-corrected chi connectivity index (χ2v) is 5.06. The molecule has 0 bridgehead atoms. The first kappa shape index (κ1) is 13.3. The van der Waals surface area contributed by atoms with Crippen molar-refractivity contribution >= 4 is 22.4 Å². The third-order valence-corrected chi connectivity index (χ3v) is 3.89. The standard InChI is InChI=1S/C11H17N3O3S/c15-7-6-13-2-1-3-14(5-4-13)11-12-9(8-18-11)10(16)17/h8,15H,1-7H2,(H,16,17). The van der Waals surface area contributed by atoms with E-state index in [-0.39, 0.29) is 12.3 Å². The van der Waals surface area contributed by atoms with E-state index in [2.05, 4.69) is 14.8 Å². The largest absolute Gasteiger partial charge is 0.476 e. The van der Waals surface area contributed by atoms with Crippen LogP contribution in [0, 0.1) is 0 Å². The highest BCUT2D eigenvalue weighted by Gasteiger charge is 2.18. The number of hydrogen-bond donors (Lipinski definition) is 2. The molecule has 2 rings (SSSR count). The summed E-state index contributed by atoms with van der Waals surface area (Å²) in [6, 6.07) is 0. The average Bonchev–Trinajstić information content (AvgIpc) is 2.72. The van der Waals surface area contributed by atoms with Gasteiger partial charge in [-0.25, -0.2) is 9.78 Å². The van der Waals surface area contributed by atoms with Crippen LogP contribution in [0.4, 0.5) is 5.13 Å². The normalized spacial score (nSPS) is 17.7. The lowest BCUT2D eigenvalue weighted by Crippen LogP contribution is -2.32. The van der Waals surface area contributed by atoms with Crippen molar-refractivity contribution < 1.29 is 15.0 Å². The number of carboxylic acid groups (broad SMARTS) is 1. The molecule has 2 N–H and O–H groups in total. The molecule has 0 atom stereocenters. The van der Waals surface area contributed by atoms with Crippen molar-refractivity contribution in [2.45, 2.75) is 6.42 Å². The van der Waals surface area contributed by atoms with Gasteiger partial charge in [0.1, 0.15) is 0 Å². The van der Waals surface area contributed by atoms with E-state index in [0.717, 1.165) is 37.7 Å². The molecule has 100 valence electrons. The molecule has 2 heterocycles. The number of rotatable bonds is 4. The number of thiazole rings is 1. The van der Waals surface area contributed by atoms with Gasteiger partial charge in [-0.2, -0.15) is 0 Å². The van der Waals surface area contributed by atoms with Crippen LogP contribution >= 0.6 is 11.3 Å². The van der Waals surface area contributed by atoms with E-state index in [9.17, 15) is 4.79 Å². The molecule has 1 saturated heterocycles. The molecule has 0 aromatic carbocycles. The van der Waals surface area contributed by atoms with Crippen molar-refractivity contribution in [3.8, 4) is 0 Å². The Morgan fingerprint density at radius 2 is 2.22 bits per heavy atom. The Kier molecular flexibility index (Phi) is 4.51. The molecule has 0 unspecified atom stereocenters. The molecule has 1 aliphatic heterocycles. The summed E-state index contributed by atoms with van der Waals surface area (Å²) in [5.41, 5.74) is 0.117. The van der Waals surface area contributed by atoms with Crippen LogP contribution < -0.4 is 4.90 Å². The highest BCUT2D eigenvalue weighted by atomic mass is 32.1.